The largest absolute Gasteiger partial charge is 0.493 e. The summed E-state index contributed by atoms with van der Waals surface area (Å²) >= 11 is 0. The Morgan fingerprint density at radius 1 is 0.852 bits per heavy atom. The van der Waals surface area contributed by atoms with E-state index in [9.17, 15) is 42.0 Å². The Hall–Kier alpha value is -7.57. The molecule has 0 bridgehead atoms. The van der Waals surface area contributed by atoms with Crippen LogP contribution in [0.1, 0.15) is 77.5 Å². The van der Waals surface area contributed by atoms with Gasteiger partial charge in [-0.3, -0.25) is 43.3 Å². The Kier molecular flexibility index (Phi) is 16.7. The molecule has 0 saturated carbocycles. The van der Waals surface area contributed by atoms with E-state index >= 15 is 0 Å². The number of fused-ring (bicyclic) bond motifs is 8. The Bertz CT molecular complexity index is 3470. The van der Waals surface area contributed by atoms with Crippen molar-refractivity contribution >= 4 is 95.9 Å². The van der Waals surface area contributed by atoms with Crippen LogP contribution in [0.5, 0.6) is 23.0 Å². The van der Waals surface area contributed by atoms with Crippen LogP contribution in [0.15, 0.2) is 108 Å². The first-order valence-corrected chi connectivity index (χ1v) is 30.1. The molecule has 4 atom stereocenters. The van der Waals surface area contributed by atoms with Crippen molar-refractivity contribution in [1.82, 2.24) is 10.2 Å². The van der Waals surface area contributed by atoms with E-state index in [1.165, 1.54) is 41.4 Å². The van der Waals surface area contributed by atoms with Crippen molar-refractivity contribution in [2.45, 2.75) is 87.5 Å². The van der Waals surface area contributed by atoms with Crippen molar-refractivity contribution in [2.75, 3.05) is 60.0 Å². The van der Waals surface area contributed by atoms with Crippen LogP contribution in [0, 0.1) is 0 Å². The summed E-state index contributed by atoms with van der Waals surface area (Å²) in [7, 11) is 0.950. The molecule has 81 heavy (non-hydrogen) atoms. The summed E-state index contributed by atoms with van der Waals surface area (Å²) in [6.45, 7) is 4.15. The van der Waals surface area contributed by atoms with Crippen molar-refractivity contribution in [3.8, 4) is 23.0 Å². The second kappa shape index (κ2) is 23.9. The molecule has 0 spiro atoms. The molecule has 424 valence electrons. The molecule has 5 aromatic carbocycles. The van der Waals surface area contributed by atoms with Gasteiger partial charge in [0.1, 0.15) is 13.2 Å². The highest BCUT2D eigenvalue weighted by Crippen LogP contribution is 2.46. The molecule has 20 nitrogen and oxygen atoms in total. The number of hydrogen-bond acceptors (Lipinski definition) is 17. The van der Waals surface area contributed by atoms with E-state index < -0.39 is 44.1 Å². The first-order valence-electron chi connectivity index (χ1n) is 26.3. The molecule has 23 heteroatoms. The molecule has 0 fully saturated rings. The number of methoxy groups -OCH3 is 2. The molecule has 5 aliphatic rings. The lowest BCUT2D eigenvalue weighted by atomic mass is 10.1. The zero-order valence-electron chi connectivity index (χ0n) is 44.9. The van der Waals surface area contributed by atoms with Crippen LogP contribution in [-0.4, -0.2) is 120 Å². The maximum absolute atomic E-state index is 14.1. The van der Waals surface area contributed by atoms with Crippen molar-refractivity contribution in [2.24, 2.45) is 4.99 Å². The number of amides is 5. The predicted octanol–water partition coefficient (Wildman–Crippen LogP) is 7.56. The summed E-state index contributed by atoms with van der Waals surface area (Å²) in [6.07, 6.45) is 4.76. The Labute approximate surface area is 476 Å². The van der Waals surface area contributed by atoms with E-state index in [1.807, 2.05) is 73.3 Å². The van der Waals surface area contributed by atoms with E-state index in [2.05, 4.69) is 22.0 Å². The molecule has 10 rings (SSSR count). The van der Waals surface area contributed by atoms with Crippen molar-refractivity contribution in [3.05, 3.63) is 137 Å². The summed E-state index contributed by atoms with van der Waals surface area (Å²) in [4.78, 5) is 73.9. The van der Waals surface area contributed by atoms with Gasteiger partial charge in [0.25, 0.3) is 27.8 Å². The number of benzene rings is 5. The molecule has 5 heterocycles. The lowest BCUT2D eigenvalue weighted by Gasteiger charge is -2.30. The normalized spacial score (nSPS) is 18.1. The highest BCUT2D eigenvalue weighted by Gasteiger charge is 2.39. The molecule has 5 N–H and O–H groups in total. The highest BCUT2D eigenvalue weighted by molar-refractivity contribution is 8.77. The van der Waals surface area contributed by atoms with E-state index in [4.69, 9.17) is 23.9 Å². The minimum absolute atomic E-state index is 0.00966. The lowest BCUT2D eigenvalue weighted by molar-refractivity contribution is -0.137. The van der Waals surface area contributed by atoms with Gasteiger partial charge in [-0.25, -0.2) is 0 Å². The minimum Gasteiger partial charge on any atom is -0.493 e. The van der Waals surface area contributed by atoms with Gasteiger partial charge in [-0.05, 0) is 97.8 Å². The van der Waals surface area contributed by atoms with Gasteiger partial charge in [0, 0.05) is 102 Å². The van der Waals surface area contributed by atoms with Gasteiger partial charge < -0.3 is 44.9 Å². The number of nitrogens with zero attached hydrogens (tertiary/aromatic N) is 4. The highest BCUT2D eigenvalue weighted by atomic mass is 33.1. The molecule has 5 amide bonds. The molecular weight excluding hydrogens is 1100 g/mol. The van der Waals surface area contributed by atoms with E-state index in [1.54, 1.807) is 41.4 Å². The Morgan fingerprint density at radius 3 is 2.20 bits per heavy atom. The zero-order valence-corrected chi connectivity index (χ0v) is 47.3. The monoisotopic (exact) mass is 1160 g/mol. The van der Waals surface area contributed by atoms with Gasteiger partial charge >= 0.3 is 0 Å². The number of imide groups is 1. The van der Waals surface area contributed by atoms with Crippen LogP contribution in [0.4, 0.5) is 28.4 Å². The first-order chi connectivity index (χ1) is 38.9. The standard InChI is InChI=1S/C58H61N7O13S3/c1-58(2,80-79-20-16-51(81(72,73)74)55(69)59-18-19-63-53(67)13-14-54(63)68)17-15-52(66)62-38-22-34(32-77-49-28-43-41(26-47(49)75-3)56(70)64-39(30-60-43)24-36-9-5-7-11-45(36)64)21-35(23-38)33-78-50-29-44-42(27-48(50)76-4)57(71)65-40(31-61-44)25-37-10-6-8-12-46(37)65/h5-14,21-23,26-30,39-40,51,57,61,71H,15-20,24-25,31-33H2,1-4H3,(H,59,69)(H,62,66)(H,72,73,74)/t39-,40-,51?,57?/m0/s1. The average molecular weight is 1160 g/mol. The zero-order chi connectivity index (χ0) is 57.2. The van der Waals surface area contributed by atoms with Crippen LogP contribution in [0.25, 0.3) is 0 Å². The van der Waals surface area contributed by atoms with Gasteiger partial charge in [0.15, 0.2) is 34.5 Å². The maximum Gasteiger partial charge on any atom is 0.276 e. The van der Waals surface area contributed by atoms with Crippen LogP contribution in [0.3, 0.4) is 0 Å². The summed E-state index contributed by atoms with van der Waals surface area (Å²) < 4.78 is 58.4. The summed E-state index contributed by atoms with van der Waals surface area (Å²) in [5.74, 6) is -0.845. The number of aliphatic hydroxyl groups is 1. The molecule has 2 unspecified atom stereocenters. The fraction of sp³-hybridized carbons (Fsp3) is 0.345. The van der Waals surface area contributed by atoms with Crippen LogP contribution in [0.2, 0.25) is 0 Å². The predicted molar refractivity (Wildman–Crippen MR) is 311 cm³/mol. The van der Waals surface area contributed by atoms with Crippen molar-refractivity contribution < 1.29 is 61.0 Å². The third-order valence-corrected chi connectivity index (χ3v) is 19.2. The number of hydrogen-bond donors (Lipinski definition) is 5. The number of carbonyl (C=O) groups is 5. The fourth-order valence-electron chi connectivity index (χ4n) is 10.6. The summed E-state index contributed by atoms with van der Waals surface area (Å²) in [5.41, 5.74) is 8.05. The topological polar surface area (TPSA) is 255 Å². The maximum atomic E-state index is 14.1. The third kappa shape index (κ3) is 12.5. The lowest BCUT2D eigenvalue weighted by Crippen LogP contribution is -2.44. The quantitative estimate of drug-likeness (QED) is 0.0194. The van der Waals surface area contributed by atoms with Crippen molar-refractivity contribution in [1.29, 1.82) is 0 Å². The molecule has 5 aliphatic heterocycles. The Balaban J connectivity index is 0.820. The smallest absolute Gasteiger partial charge is 0.276 e. The van der Waals surface area contributed by atoms with Crippen LogP contribution >= 0.6 is 21.6 Å². The number of aliphatic imine (C=N–C) groups is 1. The number of nitrogens with one attached hydrogen (secondary N) is 3. The SMILES string of the molecule is COc1cc2c(cc1OCc1cc(COc3cc4c(cc3OC)C(O)N3c5ccccc5C[C@H]3CN4)cc(NC(=O)CCC(C)(C)SSCCC(C(=O)NCCN3C(=O)C=CC3=O)S(=O)(=O)O)c1)N=C[C@@H]1Cc3ccccc3N1C2=O. The van der Waals surface area contributed by atoms with Gasteiger partial charge in [-0.1, -0.05) is 58.0 Å². The van der Waals surface area contributed by atoms with E-state index in [0.717, 1.165) is 40.4 Å². The third-order valence-electron chi connectivity index (χ3n) is 14.7. The average Bonchev–Trinajstić information content (AvgIpc) is 4.28. The number of anilines is 4. The molecule has 0 saturated heterocycles. The number of aliphatic hydroxyl groups excluding tert-OH is 1. The number of para-hydroxylation sites is 2. The first kappa shape index (κ1) is 56.7. The van der Waals surface area contributed by atoms with Crippen molar-refractivity contribution in [3.63, 3.8) is 0 Å². The molecule has 0 aromatic heterocycles. The number of carbonyl (C=O) groups excluding carboxylic acids is 5. The molecule has 5 aromatic rings. The molecule has 0 aliphatic carbocycles. The second-order valence-electron chi connectivity index (χ2n) is 20.7. The molecular formula is C58H61N7O13S3. The van der Waals surface area contributed by atoms with Gasteiger partial charge in [-0.15, -0.1) is 0 Å². The van der Waals surface area contributed by atoms with Gasteiger partial charge in [-0.2, -0.15) is 8.42 Å². The fourth-order valence-corrected chi connectivity index (χ4v) is 14.2. The molecule has 0 radical (unpaired) electrons. The van der Waals surface area contributed by atoms with Crippen LogP contribution < -0.4 is 44.7 Å². The summed E-state index contributed by atoms with van der Waals surface area (Å²) in [6, 6.07) is 28.1. The summed E-state index contributed by atoms with van der Waals surface area (Å²) in [5, 5.41) is 19.0. The van der Waals surface area contributed by atoms with E-state index in [-0.39, 0.29) is 68.8 Å². The second-order valence-corrected chi connectivity index (χ2v) is 25.4. The minimum atomic E-state index is -4.79. The van der Waals surface area contributed by atoms with Crippen LogP contribution in [-0.2, 0) is 55.4 Å². The van der Waals surface area contributed by atoms with Gasteiger partial charge in [0.2, 0.25) is 11.8 Å². The van der Waals surface area contributed by atoms with Gasteiger partial charge in [0.05, 0.1) is 37.6 Å². The number of ether oxygens (including phenoxy) is 4. The number of rotatable bonds is 22. The van der Waals surface area contributed by atoms with E-state index in [0.29, 0.717) is 81.7 Å². The Morgan fingerprint density at radius 2 is 1.51 bits per heavy atom.